The average molecular weight is 299 g/mol. The molecule has 0 spiro atoms. The standard InChI is InChI=1S/C15H27ClN4/c1-4-5-9-20(10-13-7-6-8-17-13)11-14-12(2)18-19(3)15(14)16/h13,17H,4-11H2,1-3H3. The van der Waals surface area contributed by atoms with Gasteiger partial charge in [0.1, 0.15) is 5.15 Å². The van der Waals surface area contributed by atoms with Gasteiger partial charge in [-0.2, -0.15) is 5.10 Å². The summed E-state index contributed by atoms with van der Waals surface area (Å²) in [6.07, 6.45) is 5.07. The fourth-order valence-electron chi connectivity index (χ4n) is 2.92. The van der Waals surface area contributed by atoms with Gasteiger partial charge in [-0.15, -0.1) is 0 Å². The third-order valence-corrected chi connectivity index (χ3v) is 4.59. The summed E-state index contributed by atoms with van der Waals surface area (Å²) >= 11 is 6.37. The summed E-state index contributed by atoms with van der Waals surface area (Å²) in [5, 5.41) is 8.79. The van der Waals surface area contributed by atoms with E-state index in [9.17, 15) is 0 Å². The largest absolute Gasteiger partial charge is 0.313 e. The number of unbranched alkanes of at least 4 members (excludes halogenated alkanes) is 1. The Labute approximate surface area is 127 Å². The fourth-order valence-corrected chi connectivity index (χ4v) is 3.15. The lowest BCUT2D eigenvalue weighted by atomic mass is 10.1. The van der Waals surface area contributed by atoms with Gasteiger partial charge in [-0.05, 0) is 39.3 Å². The molecule has 1 aliphatic heterocycles. The molecular weight excluding hydrogens is 272 g/mol. The van der Waals surface area contributed by atoms with Crippen molar-refractivity contribution in [2.75, 3.05) is 19.6 Å². The second-order valence-electron chi connectivity index (χ2n) is 5.86. The molecule has 1 aromatic heterocycles. The molecule has 1 unspecified atom stereocenters. The molecule has 2 rings (SSSR count). The van der Waals surface area contributed by atoms with Crippen molar-refractivity contribution in [3.05, 3.63) is 16.4 Å². The predicted molar refractivity (Wildman–Crippen MR) is 84.2 cm³/mol. The Kier molecular flexibility index (Phi) is 5.87. The van der Waals surface area contributed by atoms with Gasteiger partial charge in [-0.3, -0.25) is 9.58 Å². The molecule has 4 nitrogen and oxygen atoms in total. The number of halogens is 1. The highest BCUT2D eigenvalue weighted by Crippen LogP contribution is 2.21. The van der Waals surface area contributed by atoms with E-state index >= 15 is 0 Å². The van der Waals surface area contributed by atoms with Crippen LogP contribution in [0.25, 0.3) is 0 Å². The van der Waals surface area contributed by atoms with E-state index in [4.69, 9.17) is 11.6 Å². The van der Waals surface area contributed by atoms with Crippen LogP contribution in [0.5, 0.6) is 0 Å². The topological polar surface area (TPSA) is 33.1 Å². The van der Waals surface area contributed by atoms with Crippen LogP contribution in [-0.4, -0.2) is 40.4 Å². The molecule has 5 heteroatoms. The summed E-state index contributed by atoms with van der Waals surface area (Å²) in [4.78, 5) is 2.53. The molecule has 1 fully saturated rings. The molecule has 20 heavy (non-hydrogen) atoms. The summed E-state index contributed by atoms with van der Waals surface area (Å²) in [6.45, 7) is 8.63. The number of rotatable bonds is 7. The number of hydrogen-bond donors (Lipinski definition) is 1. The first-order chi connectivity index (χ1) is 9.61. The Morgan fingerprint density at radius 3 is 2.85 bits per heavy atom. The molecule has 1 N–H and O–H groups in total. The van der Waals surface area contributed by atoms with E-state index in [1.165, 1.54) is 37.8 Å². The molecule has 0 amide bonds. The van der Waals surface area contributed by atoms with Gasteiger partial charge in [-0.1, -0.05) is 24.9 Å². The molecule has 114 valence electrons. The lowest BCUT2D eigenvalue weighted by Crippen LogP contribution is -2.37. The Morgan fingerprint density at radius 1 is 1.50 bits per heavy atom. The van der Waals surface area contributed by atoms with Crippen LogP contribution in [0.3, 0.4) is 0 Å². The van der Waals surface area contributed by atoms with Gasteiger partial charge in [0.25, 0.3) is 0 Å². The molecule has 1 atom stereocenters. The number of aromatic nitrogens is 2. The van der Waals surface area contributed by atoms with Crippen molar-refractivity contribution >= 4 is 11.6 Å². The first-order valence-corrected chi connectivity index (χ1v) is 8.13. The lowest BCUT2D eigenvalue weighted by molar-refractivity contribution is 0.237. The van der Waals surface area contributed by atoms with Gasteiger partial charge in [0.05, 0.1) is 5.69 Å². The summed E-state index contributed by atoms with van der Waals surface area (Å²) in [5.74, 6) is 0. The smallest absolute Gasteiger partial charge is 0.131 e. The van der Waals surface area contributed by atoms with Gasteiger partial charge in [0.2, 0.25) is 0 Å². The van der Waals surface area contributed by atoms with E-state index in [1.807, 2.05) is 14.0 Å². The van der Waals surface area contributed by atoms with E-state index in [0.29, 0.717) is 6.04 Å². The number of nitrogens with one attached hydrogen (secondary N) is 1. The minimum Gasteiger partial charge on any atom is -0.313 e. The number of aryl methyl sites for hydroxylation is 2. The summed E-state index contributed by atoms with van der Waals surface area (Å²) in [5.41, 5.74) is 2.24. The number of hydrogen-bond acceptors (Lipinski definition) is 3. The van der Waals surface area contributed by atoms with Crippen molar-refractivity contribution in [2.24, 2.45) is 7.05 Å². The van der Waals surface area contributed by atoms with Gasteiger partial charge in [0.15, 0.2) is 0 Å². The third kappa shape index (κ3) is 3.96. The lowest BCUT2D eigenvalue weighted by Gasteiger charge is -2.25. The molecule has 0 saturated carbocycles. The van der Waals surface area contributed by atoms with E-state index in [1.54, 1.807) is 4.68 Å². The second-order valence-corrected chi connectivity index (χ2v) is 6.22. The summed E-state index contributed by atoms with van der Waals surface area (Å²) in [6, 6.07) is 0.641. The van der Waals surface area contributed by atoms with Crippen molar-refractivity contribution in [3.8, 4) is 0 Å². The predicted octanol–water partition coefficient (Wildman–Crippen LogP) is 2.74. The minimum absolute atomic E-state index is 0.641. The molecule has 2 heterocycles. The quantitative estimate of drug-likeness (QED) is 0.840. The zero-order valence-corrected chi connectivity index (χ0v) is 13.7. The Hall–Kier alpha value is -0.580. The highest BCUT2D eigenvalue weighted by molar-refractivity contribution is 6.30. The molecule has 0 radical (unpaired) electrons. The molecule has 0 aliphatic carbocycles. The summed E-state index contributed by atoms with van der Waals surface area (Å²) in [7, 11) is 1.91. The first-order valence-electron chi connectivity index (χ1n) is 7.75. The van der Waals surface area contributed by atoms with Crippen LogP contribution in [0, 0.1) is 6.92 Å². The molecule has 1 saturated heterocycles. The molecule has 0 aromatic carbocycles. The fraction of sp³-hybridized carbons (Fsp3) is 0.800. The van der Waals surface area contributed by atoms with Gasteiger partial charge in [-0.25, -0.2) is 0 Å². The zero-order valence-electron chi connectivity index (χ0n) is 13.0. The highest BCUT2D eigenvalue weighted by Gasteiger charge is 2.20. The van der Waals surface area contributed by atoms with Crippen LogP contribution in [0.2, 0.25) is 5.15 Å². The SMILES string of the molecule is CCCCN(Cc1c(C)nn(C)c1Cl)CC1CCCN1. The minimum atomic E-state index is 0.641. The van der Waals surface area contributed by atoms with E-state index in [-0.39, 0.29) is 0 Å². The van der Waals surface area contributed by atoms with Crippen molar-refractivity contribution < 1.29 is 0 Å². The van der Waals surface area contributed by atoms with E-state index in [0.717, 1.165) is 30.5 Å². The summed E-state index contributed by atoms with van der Waals surface area (Å²) < 4.78 is 1.78. The first kappa shape index (κ1) is 15.8. The molecule has 0 bridgehead atoms. The van der Waals surface area contributed by atoms with Gasteiger partial charge < -0.3 is 5.32 Å². The monoisotopic (exact) mass is 298 g/mol. The van der Waals surface area contributed by atoms with E-state index in [2.05, 4.69) is 22.2 Å². The van der Waals surface area contributed by atoms with Crippen molar-refractivity contribution in [2.45, 2.75) is 52.1 Å². The molecule has 1 aliphatic rings. The second kappa shape index (κ2) is 7.43. The number of nitrogens with zero attached hydrogens (tertiary/aromatic N) is 3. The maximum atomic E-state index is 6.37. The normalized spacial score (nSPS) is 19.1. The Balaban J connectivity index is 2.01. The maximum absolute atomic E-state index is 6.37. The Bertz CT molecular complexity index is 424. The van der Waals surface area contributed by atoms with Crippen molar-refractivity contribution in [1.29, 1.82) is 0 Å². The molecular formula is C15H27ClN4. The zero-order chi connectivity index (χ0) is 14.5. The maximum Gasteiger partial charge on any atom is 0.131 e. The Morgan fingerprint density at radius 2 is 2.30 bits per heavy atom. The van der Waals surface area contributed by atoms with Crippen LogP contribution in [0.4, 0.5) is 0 Å². The van der Waals surface area contributed by atoms with Gasteiger partial charge in [0, 0.05) is 31.7 Å². The van der Waals surface area contributed by atoms with Crippen LogP contribution in [0.15, 0.2) is 0 Å². The van der Waals surface area contributed by atoms with Crippen LogP contribution in [-0.2, 0) is 13.6 Å². The molecule has 1 aromatic rings. The van der Waals surface area contributed by atoms with Gasteiger partial charge >= 0.3 is 0 Å². The van der Waals surface area contributed by atoms with Crippen molar-refractivity contribution in [1.82, 2.24) is 20.0 Å². The van der Waals surface area contributed by atoms with Crippen molar-refractivity contribution in [3.63, 3.8) is 0 Å². The third-order valence-electron chi connectivity index (χ3n) is 4.12. The van der Waals surface area contributed by atoms with Crippen LogP contribution < -0.4 is 5.32 Å². The van der Waals surface area contributed by atoms with Crippen LogP contribution in [0.1, 0.15) is 43.9 Å². The van der Waals surface area contributed by atoms with Crippen LogP contribution >= 0.6 is 11.6 Å². The highest BCUT2D eigenvalue weighted by atomic mass is 35.5. The average Bonchev–Trinajstić information content (AvgIpc) is 3.00. The van der Waals surface area contributed by atoms with E-state index < -0.39 is 0 Å².